The molecule has 25 heavy (non-hydrogen) atoms. The van der Waals surface area contributed by atoms with Crippen LogP contribution < -0.4 is 10.2 Å². The first kappa shape index (κ1) is 17.0. The Labute approximate surface area is 149 Å². The highest BCUT2D eigenvalue weighted by Crippen LogP contribution is 2.32. The monoisotopic (exact) mass is 356 g/mol. The molecule has 2 amide bonds. The Morgan fingerprint density at radius 1 is 1.12 bits per heavy atom. The van der Waals surface area contributed by atoms with Crippen molar-refractivity contribution in [2.45, 2.75) is 12.3 Å². The number of hydrogen-bond acceptors (Lipinski definition) is 6. The maximum Gasteiger partial charge on any atom is 0.338 e. The average molecular weight is 356 g/mol. The zero-order chi connectivity index (χ0) is 17.8. The van der Waals surface area contributed by atoms with Crippen molar-refractivity contribution in [3.63, 3.8) is 0 Å². The number of amides is 2. The predicted molar refractivity (Wildman–Crippen MR) is 96.7 cm³/mol. The summed E-state index contributed by atoms with van der Waals surface area (Å²) in [5, 5.41) is 1.99. The quantitative estimate of drug-likeness (QED) is 0.827. The van der Waals surface area contributed by atoms with Gasteiger partial charge in [-0.3, -0.25) is 9.59 Å². The highest BCUT2D eigenvalue weighted by atomic mass is 32.2. The molecular weight excluding hydrogens is 340 g/mol. The fourth-order valence-corrected chi connectivity index (χ4v) is 3.28. The number of benzene rings is 2. The third-order valence-corrected chi connectivity index (χ3v) is 4.49. The van der Waals surface area contributed by atoms with Crippen LogP contribution in [0.2, 0.25) is 0 Å². The second-order valence-electron chi connectivity index (χ2n) is 5.22. The van der Waals surface area contributed by atoms with E-state index in [1.165, 1.54) is 0 Å². The molecular formula is C18H16N2O4S. The second-order valence-corrected chi connectivity index (χ2v) is 6.27. The molecule has 3 rings (SSSR count). The molecule has 1 heterocycles. The van der Waals surface area contributed by atoms with Crippen LogP contribution in [0.25, 0.3) is 0 Å². The van der Waals surface area contributed by atoms with Crippen molar-refractivity contribution in [2.75, 3.05) is 16.8 Å². The van der Waals surface area contributed by atoms with Gasteiger partial charge in [0.2, 0.25) is 0 Å². The normalized spacial score (nSPS) is 16.8. The first-order valence-electron chi connectivity index (χ1n) is 7.73. The van der Waals surface area contributed by atoms with Crippen molar-refractivity contribution < 1.29 is 19.1 Å². The molecule has 0 radical (unpaired) electrons. The molecule has 0 aromatic heterocycles. The van der Waals surface area contributed by atoms with E-state index in [9.17, 15) is 14.4 Å². The molecule has 2 aromatic carbocycles. The molecule has 1 fully saturated rings. The first-order valence-corrected chi connectivity index (χ1v) is 8.61. The minimum atomic E-state index is -0.707. The molecule has 128 valence electrons. The molecule has 2 aromatic rings. The summed E-state index contributed by atoms with van der Waals surface area (Å²) in [4.78, 5) is 37.5. The molecule has 1 aliphatic rings. The number of para-hydroxylation sites is 1. The summed E-state index contributed by atoms with van der Waals surface area (Å²) in [5.74, 6) is -0.721. The van der Waals surface area contributed by atoms with Gasteiger partial charge in [0.05, 0.1) is 17.9 Å². The summed E-state index contributed by atoms with van der Waals surface area (Å²) in [5.41, 5.74) is 1.62. The van der Waals surface area contributed by atoms with E-state index in [2.05, 4.69) is 5.32 Å². The lowest BCUT2D eigenvalue weighted by molar-refractivity contribution is -0.116. The Bertz CT molecular complexity index is 792. The fraction of sp³-hybridized carbons (Fsp3) is 0.167. The summed E-state index contributed by atoms with van der Waals surface area (Å²) in [6.45, 7) is 2.05. The molecule has 7 heteroatoms. The molecule has 1 saturated heterocycles. The highest BCUT2D eigenvalue weighted by Gasteiger charge is 2.40. The summed E-state index contributed by atoms with van der Waals surface area (Å²) in [7, 11) is 0. The van der Waals surface area contributed by atoms with Crippen LogP contribution in [-0.4, -0.2) is 29.1 Å². The van der Waals surface area contributed by atoms with E-state index in [-0.39, 0.29) is 11.1 Å². The van der Waals surface area contributed by atoms with Crippen LogP contribution in [0.3, 0.4) is 0 Å². The highest BCUT2D eigenvalue weighted by molar-refractivity contribution is 8.16. The molecule has 0 bridgehead atoms. The van der Waals surface area contributed by atoms with Crippen LogP contribution >= 0.6 is 11.8 Å². The number of thioether (sulfide) groups is 1. The van der Waals surface area contributed by atoms with Gasteiger partial charge in [-0.2, -0.15) is 0 Å². The van der Waals surface area contributed by atoms with E-state index in [0.29, 0.717) is 23.5 Å². The minimum absolute atomic E-state index is 0.309. The molecule has 0 aliphatic carbocycles. The maximum absolute atomic E-state index is 12.5. The van der Waals surface area contributed by atoms with Crippen LogP contribution in [0.5, 0.6) is 0 Å². The third kappa shape index (κ3) is 3.66. The number of nitrogens with zero attached hydrogens (tertiary/aromatic N) is 1. The minimum Gasteiger partial charge on any atom is -0.462 e. The number of imide groups is 1. The Kier molecular flexibility index (Phi) is 5.04. The summed E-state index contributed by atoms with van der Waals surface area (Å²) in [6, 6.07) is 15.4. The van der Waals surface area contributed by atoms with Crippen molar-refractivity contribution in [3.8, 4) is 0 Å². The topological polar surface area (TPSA) is 75.7 Å². The van der Waals surface area contributed by atoms with Crippen LogP contribution in [0.15, 0.2) is 54.6 Å². The van der Waals surface area contributed by atoms with Crippen LogP contribution in [0, 0.1) is 0 Å². The van der Waals surface area contributed by atoms with Crippen LogP contribution in [0.4, 0.5) is 16.2 Å². The predicted octanol–water partition coefficient (Wildman–Crippen LogP) is 3.50. The van der Waals surface area contributed by atoms with Gasteiger partial charge in [0.15, 0.2) is 5.37 Å². The van der Waals surface area contributed by atoms with E-state index in [4.69, 9.17) is 4.74 Å². The van der Waals surface area contributed by atoms with Crippen molar-refractivity contribution in [3.05, 3.63) is 60.2 Å². The van der Waals surface area contributed by atoms with E-state index in [0.717, 1.165) is 16.7 Å². The number of esters is 1. The molecule has 1 atom stereocenters. The van der Waals surface area contributed by atoms with Crippen molar-refractivity contribution in [1.82, 2.24) is 0 Å². The van der Waals surface area contributed by atoms with Crippen LogP contribution in [-0.2, 0) is 9.53 Å². The van der Waals surface area contributed by atoms with Crippen molar-refractivity contribution >= 4 is 40.3 Å². The average Bonchev–Trinajstić information content (AvgIpc) is 2.90. The number of carbonyl (C=O) groups excluding carboxylic acids is 3. The van der Waals surface area contributed by atoms with E-state index < -0.39 is 11.3 Å². The van der Waals surface area contributed by atoms with E-state index in [1.807, 2.05) is 6.07 Å². The number of anilines is 2. The van der Waals surface area contributed by atoms with Gasteiger partial charge in [0, 0.05) is 5.69 Å². The Balaban J connectivity index is 1.70. The van der Waals surface area contributed by atoms with Crippen LogP contribution in [0.1, 0.15) is 17.3 Å². The van der Waals surface area contributed by atoms with Gasteiger partial charge in [-0.25, -0.2) is 9.69 Å². The number of ether oxygens (including phenoxy) is 1. The summed E-state index contributed by atoms with van der Waals surface area (Å²) in [6.07, 6.45) is 0. The molecule has 1 unspecified atom stereocenters. The van der Waals surface area contributed by atoms with E-state index in [1.54, 1.807) is 55.5 Å². The van der Waals surface area contributed by atoms with Gasteiger partial charge in [-0.15, -0.1) is 0 Å². The molecule has 6 nitrogen and oxygen atoms in total. The zero-order valence-electron chi connectivity index (χ0n) is 13.5. The van der Waals surface area contributed by atoms with Gasteiger partial charge in [0.25, 0.3) is 11.1 Å². The number of hydrogen-bond donors (Lipinski definition) is 1. The Morgan fingerprint density at radius 2 is 1.80 bits per heavy atom. The standard InChI is InChI=1S/C18H16N2O4S/c1-2-24-17(22)12-8-10-13(11-9-12)19-15-16(21)20(18(23)25-15)14-6-4-3-5-7-14/h3-11,15,19H,2H2,1H3. The molecule has 0 spiro atoms. The van der Waals surface area contributed by atoms with Gasteiger partial charge in [0.1, 0.15) is 0 Å². The Morgan fingerprint density at radius 3 is 2.44 bits per heavy atom. The van der Waals surface area contributed by atoms with Crippen molar-refractivity contribution in [1.29, 1.82) is 0 Å². The lowest BCUT2D eigenvalue weighted by Crippen LogP contribution is -2.34. The maximum atomic E-state index is 12.5. The van der Waals surface area contributed by atoms with E-state index >= 15 is 0 Å². The summed E-state index contributed by atoms with van der Waals surface area (Å²) >= 11 is 0.925. The number of rotatable bonds is 5. The molecule has 1 aliphatic heterocycles. The van der Waals surface area contributed by atoms with Gasteiger partial charge >= 0.3 is 5.97 Å². The van der Waals surface area contributed by atoms with Gasteiger partial charge in [-0.1, -0.05) is 18.2 Å². The molecule has 0 saturated carbocycles. The third-order valence-electron chi connectivity index (χ3n) is 3.55. The zero-order valence-corrected chi connectivity index (χ0v) is 14.3. The molecule has 1 N–H and O–H groups in total. The van der Waals surface area contributed by atoms with Gasteiger partial charge in [-0.05, 0) is 55.1 Å². The second kappa shape index (κ2) is 7.40. The fourth-order valence-electron chi connectivity index (χ4n) is 2.38. The lowest BCUT2D eigenvalue weighted by Gasteiger charge is -2.15. The first-order chi connectivity index (χ1) is 12.1. The summed E-state index contributed by atoms with van der Waals surface area (Å²) < 4.78 is 4.93. The lowest BCUT2D eigenvalue weighted by atomic mass is 10.2. The number of carbonyl (C=O) groups is 3. The van der Waals surface area contributed by atoms with Gasteiger partial charge < -0.3 is 10.1 Å². The smallest absolute Gasteiger partial charge is 0.338 e. The number of nitrogens with one attached hydrogen (secondary N) is 1. The largest absolute Gasteiger partial charge is 0.462 e. The SMILES string of the molecule is CCOC(=O)c1ccc(NC2SC(=O)N(c3ccccc3)C2=O)cc1. The Hall–Kier alpha value is -2.80. The van der Waals surface area contributed by atoms with Crippen molar-refractivity contribution in [2.24, 2.45) is 0 Å².